The quantitative estimate of drug-likeness (QED) is 0.690. The molecule has 0 unspecified atom stereocenters. The number of hydrogen-bond acceptors (Lipinski definition) is 7. The van der Waals surface area contributed by atoms with E-state index in [9.17, 15) is 19.2 Å². The second-order valence-corrected chi connectivity index (χ2v) is 7.61. The van der Waals surface area contributed by atoms with Gasteiger partial charge < -0.3 is 19.6 Å². The minimum atomic E-state index is -1.29. The molecule has 1 aromatic rings. The van der Waals surface area contributed by atoms with E-state index >= 15 is 0 Å². The van der Waals surface area contributed by atoms with Crippen LogP contribution in [0.1, 0.15) is 46.1 Å². The molecule has 9 nitrogen and oxygen atoms in total. The molecule has 1 N–H and O–H groups in total. The predicted octanol–water partition coefficient (Wildman–Crippen LogP) is 2.09. The highest BCUT2D eigenvalue weighted by Crippen LogP contribution is 2.17. The standard InChI is InChI=1S/C20H26N2O7/c1-13(28-20(2,3)4)17(18(25)29-22-15(23)10-11-16(22)24)21-19(26)27-12-14-8-6-5-7-9-14/h5-9,13,17H,10-12H2,1-4H3,(H,21,26)/t13-,17-/m0/s1. The Morgan fingerprint density at radius 1 is 1.10 bits per heavy atom. The summed E-state index contributed by atoms with van der Waals surface area (Å²) in [6, 6.07) is 7.73. The van der Waals surface area contributed by atoms with Gasteiger partial charge in [-0.25, -0.2) is 9.59 Å². The monoisotopic (exact) mass is 406 g/mol. The summed E-state index contributed by atoms with van der Waals surface area (Å²) in [5, 5.41) is 2.83. The Kier molecular flexibility index (Phi) is 7.33. The fraction of sp³-hybridized carbons (Fsp3) is 0.500. The Bertz CT molecular complexity index is 742. The van der Waals surface area contributed by atoms with E-state index in [0.29, 0.717) is 5.06 Å². The number of imide groups is 1. The molecular weight excluding hydrogens is 380 g/mol. The lowest BCUT2D eigenvalue weighted by molar-refractivity contribution is -0.202. The number of benzene rings is 1. The summed E-state index contributed by atoms with van der Waals surface area (Å²) >= 11 is 0. The SMILES string of the molecule is C[C@H](OC(C)(C)C)[C@H](NC(=O)OCc1ccccc1)C(=O)ON1C(=O)CCC1=O. The third-order valence-corrected chi connectivity index (χ3v) is 3.94. The molecule has 3 amide bonds. The number of nitrogens with one attached hydrogen (secondary N) is 1. The van der Waals surface area contributed by atoms with Gasteiger partial charge in [-0.3, -0.25) is 9.59 Å². The van der Waals surface area contributed by atoms with Crippen molar-refractivity contribution in [2.75, 3.05) is 0 Å². The summed E-state index contributed by atoms with van der Waals surface area (Å²) in [5.41, 5.74) is 0.154. The molecule has 1 saturated heterocycles. The molecule has 9 heteroatoms. The van der Waals surface area contributed by atoms with Crippen LogP contribution in [0.15, 0.2) is 30.3 Å². The summed E-state index contributed by atoms with van der Waals surface area (Å²) in [4.78, 5) is 53.2. The van der Waals surface area contributed by atoms with Crippen molar-refractivity contribution in [2.45, 2.75) is 64.9 Å². The molecule has 0 radical (unpaired) electrons. The second kappa shape index (κ2) is 9.51. The van der Waals surface area contributed by atoms with Gasteiger partial charge in [0.25, 0.3) is 11.8 Å². The van der Waals surface area contributed by atoms with Gasteiger partial charge in [0.15, 0.2) is 6.04 Å². The Morgan fingerprint density at radius 3 is 2.24 bits per heavy atom. The van der Waals surface area contributed by atoms with Crippen LogP contribution in [0.2, 0.25) is 0 Å². The van der Waals surface area contributed by atoms with Gasteiger partial charge in [-0.05, 0) is 33.3 Å². The van der Waals surface area contributed by atoms with E-state index in [1.165, 1.54) is 0 Å². The molecule has 29 heavy (non-hydrogen) atoms. The molecule has 1 aromatic carbocycles. The van der Waals surface area contributed by atoms with Crippen LogP contribution in [0.4, 0.5) is 4.79 Å². The molecule has 2 rings (SSSR count). The summed E-state index contributed by atoms with van der Waals surface area (Å²) in [6.07, 6.45) is -1.74. The van der Waals surface area contributed by atoms with Crippen molar-refractivity contribution in [1.29, 1.82) is 0 Å². The fourth-order valence-corrected chi connectivity index (χ4v) is 2.69. The number of alkyl carbamates (subject to hydrolysis) is 1. The summed E-state index contributed by atoms with van der Waals surface area (Å²) in [6.45, 7) is 6.93. The maximum atomic E-state index is 12.6. The molecule has 1 aliphatic heterocycles. The number of carbonyl (C=O) groups is 4. The van der Waals surface area contributed by atoms with Gasteiger partial charge in [0.05, 0.1) is 11.7 Å². The normalized spacial score (nSPS) is 16.3. The van der Waals surface area contributed by atoms with Crippen LogP contribution in [0.5, 0.6) is 0 Å². The number of ether oxygens (including phenoxy) is 2. The second-order valence-electron chi connectivity index (χ2n) is 7.61. The zero-order valence-corrected chi connectivity index (χ0v) is 17.0. The van der Waals surface area contributed by atoms with Gasteiger partial charge in [0, 0.05) is 12.8 Å². The van der Waals surface area contributed by atoms with Crippen LogP contribution in [0, 0.1) is 0 Å². The van der Waals surface area contributed by atoms with Crippen molar-refractivity contribution in [3.63, 3.8) is 0 Å². The lowest BCUT2D eigenvalue weighted by Gasteiger charge is -2.30. The first-order chi connectivity index (χ1) is 13.6. The van der Waals surface area contributed by atoms with Crippen molar-refractivity contribution in [3.05, 3.63) is 35.9 Å². The zero-order chi connectivity index (χ0) is 21.6. The first-order valence-corrected chi connectivity index (χ1v) is 9.29. The van der Waals surface area contributed by atoms with E-state index in [0.717, 1.165) is 5.56 Å². The minimum absolute atomic E-state index is 0.00600. The van der Waals surface area contributed by atoms with Crippen molar-refractivity contribution < 1.29 is 33.5 Å². The molecule has 1 fully saturated rings. The molecule has 158 valence electrons. The highest BCUT2D eigenvalue weighted by molar-refractivity contribution is 6.01. The molecular formula is C20H26N2O7. The van der Waals surface area contributed by atoms with Crippen LogP contribution in [0.25, 0.3) is 0 Å². The molecule has 1 aliphatic rings. The van der Waals surface area contributed by atoms with Crippen molar-refractivity contribution >= 4 is 23.9 Å². The van der Waals surface area contributed by atoms with Crippen molar-refractivity contribution in [1.82, 2.24) is 10.4 Å². The number of hydroxylamine groups is 2. The van der Waals surface area contributed by atoms with Crippen LogP contribution < -0.4 is 5.32 Å². The van der Waals surface area contributed by atoms with E-state index in [1.807, 2.05) is 6.07 Å². The first-order valence-electron chi connectivity index (χ1n) is 9.29. The van der Waals surface area contributed by atoms with E-state index < -0.39 is 41.6 Å². The number of amides is 3. The minimum Gasteiger partial charge on any atom is -0.445 e. The lowest BCUT2D eigenvalue weighted by Crippen LogP contribution is -2.53. The predicted molar refractivity (Wildman–Crippen MR) is 101 cm³/mol. The Balaban J connectivity index is 2.05. The summed E-state index contributed by atoms with van der Waals surface area (Å²) in [7, 11) is 0. The number of carbonyl (C=O) groups excluding carboxylic acids is 4. The maximum Gasteiger partial charge on any atom is 0.408 e. The third-order valence-electron chi connectivity index (χ3n) is 3.94. The summed E-state index contributed by atoms with van der Waals surface area (Å²) < 4.78 is 10.9. The molecule has 0 bridgehead atoms. The lowest BCUT2D eigenvalue weighted by atomic mass is 10.1. The molecule has 2 atom stereocenters. The van der Waals surface area contributed by atoms with Crippen LogP contribution >= 0.6 is 0 Å². The van der Waals surface area contributed by atoms with Crippen LogP contribution in [0.3, 0.4) is 0 Å². The van der Waals surface area contributed by atoms with Gasteiger partial charge in [-0.1, -0.05) is 30.3 Å². The topological polar surface area (TPSA) is 111 Å². The van der Waals surface area contributed by atoms with Gasteiger partial charge >= 0.3 is 12.1 Å². The fourth-order valence-electron chi connectivity index (χ4n) is 2.69. The van der Waals surface area contributed by atoms with E-state index in [1.54, 1.807) is 52.0 Å². The Labute approximate surface area is 169 Å². The molecule has 0 saturated carbocycles. The zero-order valence-electron chi connectivity index (χ0n) is 17.0. The van der Waals surface area contributed by atoms with Crippen LogP contribution in [-0.4, -0.2) is 46.7 Å². The van der Waals surface area contributed by atoms with Crippen molar-refractivity contribution in [2.24, 2.45) is 0 Å². The average molecular weight is 406 g/mol. The van der Waals surface area contributed by atoms with E-state index in [-0.39, 0.29) is 19.4 Å². The third kappa shape index (κ3) is 6.86. The average Bonchev–Trinajstić information content (AvgIpc) is 2.95. The number of nitrogens with zero attached hydrogens (tertiary/aromatic N) is 1. The Hall–Kier alpha value is -2.94. The smallest absolute Gasteiger partial charge is 0.408 e. The van der Waals surface area contributed by atoms with E-state index in [4.69, 9.17) is 14.3 Å². The van der Waals surface area contributed by atoms with Crippen LogP contribution in [-0.2, 0) is 35.3 Å². The van der Waals surface area contributed by atoms with Gasteiger partial charge in [-0.15, -0.1) is 5.06 Å². The number of rotatable bonds is 7. The molecule has 0 aliphatic carbocycles. The first kappa shape index (κ1) is 22.4. The summed E-state index contributed by atoms with van der Waals surface area (Å²) in [5.74, 6) is -2.22. The highest BCUT2D eigenvalue weighted by atomic mass is 16.7. The highest BCUT2D eigenvalue weighted by Gasteiger charge is 2.38. The molecule has 0 spiro atoms. The van der Waals surface area contributed by atoms with Gasteiger partial charge in [0.1, 0.15) is 6.61 Å². The van der Waals surface area contributed by atoms with Gasteiger partial charge in [0.2, 0.25) is 0 Å². The number of hydrogen-bond donors (Lipinski definition) is 1. The van der Waals surface area contributed by atoms with Gasteiger partial charge in [-0.2, -0.15) is 0 Å². The molecule has 1 heterocycles. The van der Waals surface area contributed by atoms with E-state index in [2.05, 4.69) is 5.32 Å². The molecule has 0 aromatic heterocycles. The van der Waals surface area contributed by atoms with Crippen molar-refractivity contribution in [3.8, 4) is 0 Å². The Morgan fingerprint density at radius 2 is 1.69 bits per heavy atom. The maximum absolute atomic E-state index is 12.6. The largest absolute Gasteiger partial charge is 0.445 e.